The fourth-order valence-electron chi connectivity index (χ4n) is 4.99. The van der Waals surface area contributed by atoms with E-state index in [4.69, 9.17) is 0 Å². The van der Waals surface area contributed by atoms with Crippen molar-refractivity contribution in [1.29, 1.82) is 0 Å². The fourth-order valence-corrected chi connectivity index (χ4v) is 6.07. The second kappa shape index (κ2) is 8.64. The first-order valence-corrected chi connectivity index (χ1v) is 12.0. The van der Waals surface area contributed by atoms with Crippen LogP contribution in [0.5, 0.6) is 0 Å². The van der Waals surface area contributed by atoms with E-state index < -0.39 is 5.54 Å². The zero-order chi connectivity index (χ0) is 20.4. The van der Waals surface area contributed by atoms with Gasteiger partial charge >= 0.3 is 6.03 Å². The van der Waals surface area contributed by atoms with E-state index in [0.717, 1.165) is 31.6 Å². The summed E-state index contributed by atoms with van der Waals surface area (Å²) in [5.74, 6) is 2.78. The van der Waals surface area contributed by atoms with E-state index in [2.05, 4.69) is 23.7 Å². The average Bonchev–Trinajstić information content (AvgIpc) is 2.92. The van der Waals surface area contributed by atoms with Crippen molar-refractivity contribution in [2.45, 2.75) is 57.7 Å². The van der Waals surface area contributed by atoms with Crippen molar-refractivity contribution in [2.24, 2.45) is 5.92 Å². The van der Waals surface area contributed by atoms with Gasteiger partial charge in [-0.05, 0) is 55.2 Å². The van der Waals surface area contributed by atoms with E-state index in [1.165, 1.54) is 29.2 Å². The number of piperidine rings is 1. The molecule has 4 rings (SSSR count). The standard InChI is InChI=1S/C22H32N4O2S/c1-17(2)15-26-21(28)25(16-18-5-3-4-10-23-18)20(27)22(26)8-11-24(12-9-22)19-6-13-29-14-7-19/h3-5,10,17,19H,6-9,11-16H2,1-2H3. The van der Waals surface area contributed by atoms with Crippen molar-refractivity contribution < 1.29 is 9.59 Å². The van der Waals surface area contributed by atoms with Crippen molar-refractivity contribution >= 4 is 23.7 Å². The van der Waals surface area contributed by atoms with Gasteiger partial charge in [-0.15, -0.1) is 0 Å². The predicted octanol–water partition coefficient (Wildman–Crippen LogP) is 3.23. The Balaban J connectivity index is 1.53. The van der Waals surface area contributed by atoms with Crippen LogP contribution in [0.3, 0.4) is 0 Å². The van der Waals surface area contributed by atoms with Crippen molar-refractivity contribution in [3.8, 4) is 0 Å². The smallest absolute Gasteiger partial charge is 0.309 e. The Hall–Kier alpha value is -1.60. The topological polar surface area (TPSA) is 56.8 Å². The molecule has 7 heteroatoms. The number of hydrogen-bond donors (Lipinski definition) is 0. The highest BCUT2D eigenvalue weighted by molar-refractivity contribution is 7.99. The minimum Gasteiger partial charge on any atom is -0.309 e. The molecule has 6 nitrogen and oxygen atoms in total. The van der Waals surface area contributed by atoms with Crippen LogP contribution in [0, 0.1) is 5.92 Å². The number of aromatic nitrogens is 1. The quantitative estimate of drug-likeness (QED) is 0.690. The summed E-state index contributed by atoms with van der Waals surface area (Å²) in [5, 5.41) is 0. The molecule has 3 amide bonds. The molecule has 0 aliphatic carbocycles. The molecule has 3 aliphatic heterocycles. The Labute approximate surface area is 178 Å². The van der Waals surface area contributed by atoms with E-state index in [1.54, 1.807) is 6.20 Å². The Morgan fingerprint density at radius 1 is 1.17 bits per heavy atom. The SMILES string of the molecule is CC(C)CN1C(=O)N(Cc2ccccn2)C(=O)C12CCN(C1CCSCC1)CC2. The molecule has 0 atom stereocenters. The highest BCUT2D eigenvalue weighted by atomic mass is 32.2. The first-order chi connectivity index (χ1) is 14.0. The first kappa shape index (κ1) is 20.7. The maximum atomic E-state index is 13.6. The van der Waals surface area contributed by atoms with E-state index in [-0.39, 0.29) is 18.5 Å². The van der Waals surface area contributed by atoms with Gasteiger partial charge in [0.05, 0.1) is 12.2 Å². The van der Waals surface area contributed by atoms with Crippen molar-refractivity contribution in [3.63, 3.8) is 0 Å². The number of hydrogen-bond acceptors (Lipinski definition) is 5. The van der Waals surface area contributed by atoms with Crippen molar-refractivity contribution in [3.05, 3.63) is 30.1 Å². The minimum absolute atomic E-state index is 0.0207. The number of nitrogens with zero attached hydrogens (tertiary/aromatic N) is 4. The van der Waals surface area contributed by atoms with Gasteiger partial charge < -0.3 is 9.80 Å². The Kier molecular flexibility index (Phi) is 6.16. The van der Waals surface area contributed by atoms with Crippen LogP contribution in [0.15, 0.2) is 24.4 Å². The maximum Gasteiger partial charge on any atom is 0.328 e. The number of urea groups is 1. The number of amides is 3. The third-order valence-corrected chi connectivity index (χ3v) is 7.60. The van der Waals surface area contributed by atoms with Gasteiger partial charge in [0.1, 0.15) is 5.54 Å². The van der Waals surface area contributed by atoms with Gasteiger partial charge in [0.25, 0.3) is 5.91 Å². The summed E-state index contributed by atoms with van der Waals surface area (Å²) in [6, 6.07) is 6.13. The van der Waals surface area contributed by atoms with Gasteiger partial charge in [0.15, 0.2) is 0 Å². The summed E-state index contributed by atoms with van der Waals surface area (Å²) in [6.45, 7) is 6.92. The van der Waals surface area contributed by atoms with Gasteiger partial charge in [-0.2, -0.15) is 11.8 Å². The number of thioether (sulfide) groups is 1. The molecule has 3 saturated heterocycles. The number of rotatable bonds is 5. The molecule has 1 aromatic heterocycles. The molecule has 158 valence electrons. The Bertz CT molecular complexity index is 728. The Morgan fingerprint density at radius 2 is 1.90 bits per heavy atom. The van der Waals surface area contributed by atoms with Crippen LogP contribution in [-0.2, 0) is 11.3 Å². The molecule has 1 aromatic rings. The number of imide groups is 1. The lowest BCUT2D eigenvalue weighted by Gasteiger charge is -2.45. The second-order valence-corrected chi connectivity index (χ2v) is 10.1. The molecule has 0 N–H and O–H groups in total. The number of carbonyl (C=O) groups excluding carboxylic acids is 2. The fraction of sp³-hybridized carbons (Fsp3) is 0.682. The van der Waals surface area contributed by atoms with Gasteiger partial charge in [-0.25, -0.2) is 4.79 Å². The van der Waals surface area contributed by atoms with Gasteiger partial charge in [-0.1, -0.05) is 19.9 Å². The lowest BCUT2D eigenvalue weighted by Crippen LogP contribution is -2.58. The number of likely N-dealkylation sites (tertiary alicyclic amines) is 1. The van der Waals surface area contributed by atoms with Crippen LogP contribution >= 0.6 is 11.8 Å². The maximum absolute atomic E-state index is 13.6. The Morgan fingerprint density at radius 3 is 2.52 bits per heavy atom. The van der Waals surface area contributed by atoms with Crippen LogP contribution < -0.4 is 0 Å². The highest BCUT2D eigenvalue weighted by Crippen LogP contribution is 2.39. The molecule has 0 saturated carbocycles. The van der Waals surface area contributed by atoms with Crippen LogP contribution in [0.1, 0.15) is 45.2 Å². The third-order valence-electron chi connectivity index (χ3n) is 6.55. The summed E-state index contributed by atoms with van der Waals surface area (Å²) in [6.07, 6.45) is 5.68. The molecule has 1 spiro atoms. The normalized spacial score (nSPS) is 23.6. The van der Waals surface area contributed by atoms with Crippen LogP contribution in [0.2, 0.25) is 0 Å². The van der Waals surface area contributed by atoms with Gasteiger partial charge in [0.2, 0.25) is 0 Å². The van der Waals surface area contributed by atoms with Crippen molar-refractivity contribution in [2.75, 3.05) is 31.1 Å². The van der Waals surface area contributed by atoms with Gasteiger partial charge in [0, 0.05) is 31.9 Å². The van der Waals surface area contributed by atoms with Crippen molar-refractivity contribution in [1.82, 2.24) is 19.7 Å². The summed E-state index contributed by atoms with van der Waals surface area (Å²) in [5.41, 5.74) is 0.0867. The molecule has 0 radical (unpaired) electrons. The summed E-state index contributed by atoms with van der Waals surface area (Å²) in [4.78, 5) is 37.1. The number of pyridine rings is 1. The molecular formula is C22H32N4O2S. The summed E-state index contributed by atoms with van der Waals surface area (Å²) < 4.78 is 0. The van der Waals surface area contributed by atoms with Gasteiger partial charge in [-0.3, -0.25) is 14.7 Å². The van der Waals surface area contributed by atoms with E-state index in [9.17, 15) is 9.59 Å². The molecular weight excluding hydrogens is 384 g/mol. The second-order valence-electron chi connectivity index (χ2n) is 8.91. The lowest BCUT2D eigenvalue weighted by molar-refractivity contribution is -0.136. The van der Waals surface area contributed by atoms with Crippen LogP contribution in [-0.4, -0.2) is 74.3 Å². The first-order valence-electron chi connectivity index (χ1n) is 10.9. The van der Waals surface area contributed by atoms with Crippen LogP contribution in [0.4, 0.5) is 4.79 Å². The predicted molar refractivity (Wildman–Crippen MR) is 116 cm³/mol. The highest BCUT2D eigenvalue weighted by Gasteiger charge is 2.58. The van der Waals surface area contributed by atoms with E-state index in [1.807, 2.05) is 34.9 Å². The summed E-state index contributed by atoms with van der Waals surface area (Å²) in [7, 11) is 0. The largest absolute Gasteiger partial charge is 0.328 e. The van der Waals surface area contributed by atoms with Crippen LogP contribution in [0.25, 0.3) is 0 Å². The molecule has 29 heavy (non-hydrogen) atoms. The molecule has 0 aromatic carbocycles. The molecule has 3 aliphatic rings. The summed E-state index contributed by atoms with van der Waals surface area (Å²) >= 11 is 2.04. The molecule has 0 unspecified atom stereocenters. The lowest BCUT2D eigenvalue weighted by atomic mass is 9.84. The monoisotopic (exact) mass is 416 g/mol. The number of carbonyl (C=O) groups is 2. The average molecular weight is 417 g/mol. The molecule has 4 heterocycles. The van der Waals surface area contributed by atoms with E-state index in [0.29, 0.717) is 18.5 Å². The molecule has 0 bridgehead atoms. The zero-order valence-electron chi connectivity index (χ0n) is 17.5. The third kappa shape index (κ3) is 4.04. The molecule has 3 fully saturated rings. The van der Waals surface area contributed by atoms with E-state index >= 15 is 0 Å². The zero-order valence-corrected chi connectivity index (χ0v) is 18.4. The minimum atomic E-state index is -0.671.